The quantitative estimate of drug-likeness (QED) is 0.519. The standard InChI is InChI=1S/C19H13FN4O4/c20-15-4-2-1-3-13(15)16-8-6-12(10-22-16)23-19(26)11-5-7-14(18(21)25)17(9-11)24(27)28/h1-10H,(H2,21,25)(H,23,26). The molecule has 0 aliphatic carbocycles. The maximum absolute atomic E-state index is 13.8. The predicted octanol–water partition coefficient (Wildman–Crippen LogP) is 3.15. The molecule has 3 aromatic rings. The number of anilines is 1. The Morgan fingerprint density at radius 2 is 1.86 bits per heavy atom. The van der Waals surface area contributed by atoms with E-state index in [4.69, 9.17) is 5.73 Å². The molecule has 3 rings (SSSR count). The van der Waals surface area contributed by atoms with Crippen molar-refractivity contribution in [2.45, 2.75) is 0 Å². The van der Waals surface area contributed by atoms with Gasteiger partial charge in [-0.05, 0) is 36.4 Å². The first-order chi connectivity index (χ1) is 13.4. The molecule has 0 aliphatic heterocycles. The highest BCUT2D eigenvalue weighted by molar-refractivity contribution is 6.06. The van der Waals surface area contributed by atoms with Crippen molar-refractivity contribution in [3.63, 3.8) is 0 Å². The zero-order chi connectivity index (χ0) is 20.3. The minimum Gasteiger partial charge on any atom is -0.365 e. The number of amides is 2. The van der Waals surface area contributed by atoms with E-state index in [-0.39, 0.29) is 11.1 Å². The molecule has 0 saturated carbocycles. The monoisotopic (exact) mass is 380 g/mol. The number of nitro groups is 1. The summed E-state index contributed by atoms with van der Waals surface area (Å²) < 4.78 is 13.8. The summed E-state index contributed by atoms with van der Waals surface area (Å²) in [7, 11) is 0. The fourth-order valence-electron chi connectivity index (χ4n) is 2.53. The molecule has 1 heterocycles. The molecular formula is C19H13FN4O4. The first-order valence-corrected chi connectivity index (χ1v) is 7.97. The van der Waals surface area contributed by atoms with Crippen LogP contribution in [0.1, 0.15) is 20.7 Å². The van der Waals surface area contributed by atoms with E-state index in [1.807, 2.05) is 0 Å². The fraction of sp³-hybridized carbons (Fsp3) is 0. The number of carbonyl (C=O) groups excluding carboxylic acids is 2. The zero-order valence-corrected chi connectivity index (χ0v) is 14.3. The summed E-state index contributed by atoms with van der Waals surface area (Å²) in [6, 6.07) is 12.5. The van der Waals surface area contributed by atoms with E-state index in [0.29, 0.717) is 16.9 Å². The van der Waals surface area contributed by atoms with Gasteiger partial charge in [-0.1, -0.05) is 12.1 Å². The molecule has 0 unspecified atom stereocenters. The van der Waals surface area contributed by atoms with Crippen LogP contribution in [-0.2, 0) is 0 Å². The molecule has 28 heavy (non-hydrogen) atoms. The van der Waals surface area contributed by atoms with E-state index < -0.39 is 28.2 Å². The highest BCUT2D eigenvalue weighted by atomic mass is 19.1. The molecule has 3 N–H and O–H groups in total. The summed E-state index contributed by atoms with van der Waals surface area (Å²) in [5.74, 6) is -2.03. The van der Waals surface area contributed by atoms with Gasteiger partial charge in [-0.3, -0.25) is 24.7 Å². The number of nitrogens with two attached hydrogens (primary N) is 1. The second-order valence-electron chi connectivity index (χ2n) is 5.72. The van der Waals surface area contributed by atoms with Gasteiger partial charge in [0.2, 0.25) is 0 Å². The Balaban J connectivity index is 1.82. The summed E-state index contributed by atoms with van der Waals surface area (Å²) in [6.45, 7) is 0. The molecule has 8 nitrogen and oxygen atoms in total. The Bertz CT molecular complexity index is 1080. The Hall–Kier alpha value is -4.14. The van der Waals surface area contributed by atoms with Gasteiger partial charge >= 0.3 is 0 Å². The van der Waals surface area contributed by atoms with Gasteiger partial charge in [0, 0.05) is 17.2 Å². The number of carbonyl (C=O) groups is 2. The molecule has 0 atom stereocenters. The molecule has 1 aromatic heterocycles. The van der Waals surface area contributed by atoms with Crippen LogP contribution in [0.4, 0.5) is 15.8 Å². The minimum atomic E-state index is -0.966. The molecular weight excluding hydrogens is 367 g/mol. The van der Waals surface area contributed by atoms with E-state index in [1.165, 1.54) is 30.5 Å². The van der Waals surface area contributed by atoms with Crippen LogP contribution in [0.5, 0.6) is 0 Å². The maximum Gasteiger partial charge on any atom is 0.282 e. The summed E-state index contributed by atoms with van der Waals surface area (Å²) in [5, 5.41) is 13.6. The molecule has 2 amide bonds. The lowest BCUT2D eigenvalue weighted by Gasteiger charge is -2.07. The van der Waals surface area contributed by atoms with Gasteiger partial charge < -0.3 is 11.1 Å². The number of nitrogens with one attached hydrogen (secondary N) is 1. The van der Waals surface area contributed by atoms with Crippen LogP contribution in [0.2, 0.25) is 0 Å². The molecule has 0 radical (unpaired) electrons. The second kappa shape index (κ2) is 7.62. The van der Waals surface area contributed by atoms with Crippen LogP contribution in [0.25, 0.3) is 11.3 Å². The number of aromatic nitrogens is 1. The molecule has 0 spiro atoms. The Kier molecular flexibility index (Phi) is 5.07. The minimum absolute atomic E-state index is 0.0325. The Morgan fingerprint density at radius 3 is 2.46 bits per heavy atom. The highest BCUT2D eigenvalue weighted by Crippen LogP contribution is 2.23. The normalized spacial score (nSPS) is 10.3. The number of benzene rings is 2. The van der Waals surface area contributed by atoms with Crippen molar-refractivity contribution in [3.8, 4) is 11.3 Å². The van der Waals surface area contributed by atoms with Crippen molar-refractivity contribution in [1.82, 2.24) is 4.98 Å². The Morgan fingerprint density at radius 1 is 1.11 bits per heavy atom. The molecule has 0 bridgehead atoms. The second-order valence-corrected chi connectivity index (χ2v) is 5.72. The number of primary amides is 1. The van der Waals surface area contributed by atoms with E-state index in [0.717, 1.165) is 12.1 Å². The first-order valence-electron chi connectivity index (χ1n) is 7.97. The van der Waals surface area contributed by atoms with Crippen molar-refractivity contribution in [3.05, 3.63) is 87.9 Å². The van der Waals surface area contributed by atoms with E-state index in [1.54, 1.807) is 18.2 Å². The van der Waals surface area contributed by atoms with Gasteiger partial charge in [-0.2, -0.15) is 0 Å². The Labute approximate surface area is 158 Å². The molecule has 2 aromatic carbocycles. The summed E-state index contributed by atoms with van der Waals surface area (Å²) in [4.78, 5) is 38.0. The highest BCUT2D eigenvalue weighted by Gasteiger charge is 2.21. The number of pyridine rings is 1. The van der Waals surface area contributed by atoms with Crippen molar-refractivity contribution >= 4 is 23.2 Å². The summed E-state index contributed by atoms with van der Waals surface area (Å²) >= 11 is 0. The number of halogens is 1. The predicted molar refractivity (Wildman–Crippen MR) is 99.2 cm³/mol. The molecule has 140 valence electrons. The van der Waals surface area contributed by atoms with Gasteiger partial charge in [-0.15, -0.1) is 0 Å². The smallest absolute Gasteiger partial charge is 0.282 e. The molecule has 0 saturated heterocycles. The average molecular weight is 380 g/mol. The fourth-order valence-corrected chi connectivity index (χ4v) is 2.53. The molecule has 9 heteroatoms. The lowest BCUT2D eigenvalue weighted by Crippen LogP contribution is -2.16. The van der Waals surface area contributed by atoms with Crippen LogP contribution in [0, 0.1) is 15.9 Å². The topological polar surface area (TPSA) is 128 Å². The van der Waals surface area contributed by atoms with Gasteiger partial charge in [-0.25, -0.2) is 4.39 Å². The third kappa shape index (κ3) is 3.83. The van der Waals surface area contributed by atoms with Crippen LogP contribution >= 0.6 is 0 Å². The zero-order valence-electron chi connectivity index (χ0n) is 14.3. The lowest BCUT2D eigenvalue weighted by molar-refractivity contribution is -0.385. The van der Waals surface area contributed by atoms with E-state index in [9.17, 15) is 24.1 Å². The number of hydrogen-bond donors (Lipinski definition) is 2. The van der Waals surface area contributed by atoms with Gasteiger partial charge in [0.15, 0.2) is 0 Å². The molecule has 0 aliphatic rings. The van der Waals surface area contributed by atoms with Crippen LogP contribution < -0.4 is 11.1 Å². The largest absolute Gasteiger partial charge is 0.365 e. The lowest BCUT2D eigenvalue weighted by atomic mass is 10.1. The number of hydrogen-bond acceptors (Lipinski definition) is 5. The third-order valence-corrected chi connectivity index (χ3v) is 3.89. The molecule has 0 fully saturated rings. The van der Waals surface area contributed by atoms with Gasteiger partial charge in [0.05, 0.1) is 22.5 Å². The number of nitrogens with zero attached hydrogens (tertiary/aromatic N) is 2. The summed E-state index contributed by atoms with van der Waals surface area (Å²) in [5.41, 5.74) is 5.22. The SMILES string of the molecule is NC(=O)c1ccc(C(=O)Nc2ccc(-c3ccccc3F)nc2)cc1[N+](=O)[O-]. The maximum atomic E-state index is 13.8. The third-order valence-electron chi connectivity index (χ3n) is 3.89. The van der Waals surface area contributed by atoms with Crippen molar-refractivity contribution in [1.29, 1.82) is 0 Å². The van der Waals surface area contributed by atoms with Crippen LogP contribution in [0.15, 0.2) is 60.8 Å². The number of nitro benzene ring substituents is 1. The van der Waals surface area contributed by atoms with Gasteiger partial charge in [0.25, 0.3) is 17.5 Å². The average Bonchev–Trinajstić information content (AvgIpc) is 2.68. The van der Waals surface area contributed by atoms with Crippen molar-refractivity contribution in [2.75, 3.05) is 5.32 Å². The first kappa shape index (κ1) is 18.6. The summed E-state index contributed by atoms with van der Waals surface area (Å²) in [6.07, 6.45) is 1.34. The number of rotatable bonds is 5. The van der Waals surface area contributed by atoms with E-state index >= 15 is 0 Å². The van der Waals surface area contributed by atoms with E-state index in [2.05, 4.69) is 10.3 Å². The van der Waals surface area contributed by atoms with Crippen LogP contribution in [-0.4, -0.2) is 21.7 Å². The van der Waals surface area contributed by atoms with Crippen molar-refractivity contribution < 1.29 is 18.9 Å². The van der Waals surface area contributed by atoms with Crippen molar-refractivity contribution in [2.24, 2.45) is 5.73 Å². The van der Waals surface area contributed by atoms with Crippen LogP contribution in [0.3, 0.4) is 0 Å². The van der Waals surface area contributed by atoms with Gasteiger partial charge in [0.1, 0.15) is 11.4 Å².